The zero-order valence-electron chi connectivity index (χ0n) is 8.92. The number of fused-ring (bicyclic) bond motifs is 2. The van der Waals surface area contributed by atoms with Gasteiger partial charge in [0.25, 0.3) is 0 Å². The number of carboxylic acids is 1. The summed E-state index contributed by atoms with van der Waals surface area (Å²) in [6.07, 6.45) is 6.23. The van der Waals surface area contributed by atoms with Gasteiger partial charge in [0.1, 0.15) is 0 Å². The van der Waals surface area contributed by atoms with Gasteiger partial charge >= 0.3 is 5.97 Å². The fourth-order valence-corrected chi connectivity index (χ4v) is 2.53. The van der Waals surface area contributed by atoms with E-state index in [0.29, 0.717) is 5.56 Å². The van der Waals surface area contributed by atoms with E-state index in [1.165, 1.54) is 24.0 Å². The third-order valence-electron chi connectivity index (χ3n) is 3.37. The van der Waals surface area contributed by atoms with Crippen LogP contribution in [-0.4, -0.2) is 16.1 Å². The molecule has 1 aromatic carbocycles. The van der Waals surface area contributed by atoms with Crippen molar-refractivity contribution in [3.05, 3.63) is 35.0 Å². The van der Waals surface area contributed by atoms with Crippen molar-refractivity contribution in [2.24, 2.45) is 0 Å². The first kappa shape index (κ1) is 9.46. The van der Waals surface area contributed by atoms with Crippen molar-refractivity contribution in [1.82, 2.24) is 4.98 Å². The van der Waals surface area contributed by atoms with E-state index >= 15 is 0 Å². The standard InChI is InChI=1S/C13H13NO2/c15-13(16)11-7-14-12-6-9-4-2-1-3-8(9)5-10(11)12/h5-7,14H,1-4H2,(H,15,16). The third kappa shape index (κ3) is 1.32. The number of aromatic amines is 1. The molecule has 0 spiro atoms. The lowest BCUT2D eigenvalue weighted by molar-refractivity contribution is 0.0699. The van der Waals surface area contributed by atoms with Crippen LogP contribution in [0.3, 0.4) is 0 Å². The lowest BCUT2D eigenvalue weighted by atomic mass is 9.90. The van der Waals surface area contributed by atoms with Crippen LogP contribution in [0.2, 0.25) is 0 Å². The number of hydrogen-bond acceptors (Lipinski definition) is 1. The Kier molecular flexibility index (Phi) is 1.99. The molecule has 1 aliphatic carbocycles. The summed E-state index contributed by atoms with van der Waals surface area (Å²) in [5.41, 5.74) is 4.01. The molecule has 0 aliphatic heterocycles. The molecule has 3 rings (SSSR count). The van der Waals surface area contributed by atoms with Crippen molar-refractivity contribution in [1.29, 1.82) is 0 Å². The van der Waals surface area contributed by atoms with Gasteiger partial charge in [-0.15, -0.1) is 0 Å². The Labute approximate surface area is 93.1 Å². The molecule has 0 radical (unpaired) electrons. The van der Waals surface area contributed by atoms with Crippen molar-refractivity contribution in [2.75, 3.05) is 0 Å². The Morgan fingerprint density at radius 3 is 2.56 bits per heavy atom. The molecule has 1 aliphatic rings. The van der Waals surface area contributed by atoms with Crippen molar-refractivity contribution in [2.45, 2.75) is 25.7 Å². The second-order valence-corrected chi connectivity index (χ2v) is 4.38. The van der Waals surface area contributed by atoms with Gasteiger partial charge in [0.2, 0.25) is 0 Å². The fourth-order valence-electron chi connectivity index (χ4n) is 2.53. The number of nitrogens with one attached hydrogen (secondary N) is 1. The molecule has 0 amide bonds. The van der Waals surface area contributed by atoms with Gasteiger partial charge in [-0.3, -0.25) is 0 Å². The molecule has 3 heteroatoms. The number of hydrogen-bond donors (Lipinski definition) is 2. The van der Waals surface area contributed by atoms with E-state index in [2.05, 4.69) is 11.1 Å². The number of rotatable bonds is 1. The molecule has 0 saturated carbocycles. The Hall–Kier alpha value is -1.77. The van der Waals surface area contributed by atoms with Crippen molar-refractivity contribution in [3.63, 3.8) is 0 Å². The lowest BCUT2D eigenvalue weighted by Gasteiger charge is -2.15. The molecule has 2 N–H and O–H groups in total. The molecule has 16 heavy (non-hydrogen) atoms. The predicted octanol–water partition coefficient (Wildman–Crippen LogP) is 2.74. The van der Waals surface area contributed by atoms with Gasteiger partial charge in [-0.1, -0.05) is 0 Å². The smallest absolute Gasteiger partial charge is 0.337 e. The largest absolute Gasteiger partial charge is 0.478 e. The molecule has 2 aromatic rings. The Bertz CT molecular complexity index is 569. The molecule has 1 aromatic heterocycles. The molecule has 0 saturated heterocycles. The lowest BCUT2D eigenvalue weighted by Crippen LogP contribution is -2.02. The number of carbonyl (C=O) groups is 1. The first-order chi connectivity index (χ1) is 7.75. The molecule has 0 bridgehead atoms. The van der Waals surface area contributed by atoms with Crippen LogP contribution >= 0.6 is 0 Å². The molecule has 3 nitrogen and oxygen atoms in total. The van der Waals surface area contributed by atoms with Gasteiger partial charge in [-0.05, 0) is 48.9 Å². The van der Waals surface area contributed by atoms with E-state index in [1.807, 2.05) is 6.07 Å². The van der Waals surface area contributed by atoms with Gasteiger partial charge < -0.3 is 10.1 Å². The van der Waals surface area contributed by atoms with Crippen molar-refractivity contribution >= 4 is 16.9 Å². The summed E-state index contributed by atoms with van der Waals surface area (Å²) in [5, 5.41) is 9.90. The minimum Gasteiger partial charge on any atom is -0.478 e. The SMILES string of the molecule is O=C(O)c1c[nH]c2cc3c(cc12)CCCC3. The Balaban J connectivity index is 2.25. The van der Waals surface area contributed by atoms with Crippen LogP contribution in [0.15, 0.2) is 18.3 Å². The number of carboxylic acid groups (broad SMARTS) is 1. The van der Waals surface area contributed by atoms with E-state index in [9.17, 15) is 4.79 Å². The predicted molar refractivity (Wildman–Crippen MR) is 61.9 cm³/mol. The van der Waals surface area contributed by atoms with Crippen LogP contribution in [0.4, 0.5) is 0 Å². The van der Waals surface area contributed by atoms with Gasteiger partial charge in [-0.2, -0.15) is 0 Å². The van der Waals surface area contributed by atoms with E-state index in [4.69, 9.17) is 5.11 Å². The zero-order valence-corrected chi connectivity index (χ0v) is 8.92. The van der Waals surface area contributed by atoms with Crippen LogP contribution in [0.25, 0.3) is 10.9 Å². The van der Waals surface area contributed by atoms with Crippen molar-refractivity contribution in [3.8, 4) is 0 Å². The average Bonchev–Trinajstić information content (AvgIpc) is 2.68. The topological polar surface area (TPSA) is 53.1 Å². The second kappa shape index (κ2) is 3.37. The number of H-pyrrole nitrogens is 1. The second-order valence-electron chi connectivity index (χ2n) is 4.38. The molecule has 0 fully saturated rings. The summed E-state index contributed by atoms with van der Waals surface area (Å²) in [4.78, 5) is 14.1. The maximum atomic E-state index is 11.0. The summed E-state index contributed by atoms with van der Waals surface area (Å²) in [7, 11) is 0. The van der Waals surface area contributed by atoms with E-state index in [1.54, 1.807) is 6.20 Å². The maximum Gasteiger partial charge on any atom is 0.337 e. The first-order valence-electron chi connectivity index (χ1n) is 5.62. The third-order valence-corrected chi connectivity index (χ3v) is 3.37. The van der Waals surface area contributed by atoms with Crippen molar-refractivity contribution < 1.29 is 9.90 Å². The summed E-state index contributed by atoms with van der Waals surface area (Å²) >= 11 is 0. The molecule has 0 atom stereocenters. The summed E-state index contributed by atoms with van der Waals surface area (Å²) in [6.45, 7) is 0. The normalized spacial score (nSPS) is 15.0. The summed E-state index contributed by atoms with van der Waals surface area (Å²) in [5.74, 6) is -0.859. The number of aromatic carboxylic acids is 1. The number of benzene rings is 1. The summed E-state index contributed by atoms with van der Waals surface area (Å²) in [6, 6.07) is 4.15. The van der Waals surface area contributed by atoms with Crippen LogP contribution in [0.1, 0.15) is 34.3 Å². The van der Waals surface area contributed by atoms with E-state index < -0.39 is 5.97 Å². The first-order valence-corrected chi connectivity index (χ1v) is 5.62. The Morgan fingerprint density at radius 1 is 1.19 bits per heavy atom. The monoisotopic (exact) mass is 215 g/mol. The fraction of sp³-hybridized carbons (Fsp3) is 0.308. The number of aromatic nitrogens is 1. The van der Waals surface area contributed by atoms with Gasteiger partial charge in [0, 0.05) is 17.1 Å². The highest BCUT2D eigenvalue weighted by Gasteiger charge is 2.15. The molecule has 1 heterocycles. The quantitative estimate of drug-likeness (QED) is 0.768. The highest BCUT2D eigenvalue weighted by Crippen LogP contribution is 2.28. The number of aryl methyl sites for hydroxylation is 2. The Morgan fingerprint density at radius 2 is 1.88 bits per heavy atom. The molecule has 82 valence electrons. The molecule has 0 unspecified atom stereocenters. The van der Waals surface area contributed by atoms with Gasteiger partial charge in [0.15, 0.2) is 0 Å². The molecular weight excluding hydrogens is 202 g/mol. The minimum absolute atomic E-state index is 0.378. The van der Waals surface area contributed by atoms with Crippen LogP contribution < -0.4 is 0 Å². The minimum atomic E-state index is -0.859. The van der Waals surface area contributed by atoms with E-state index in [-0.39, 0.29) is 0 Å². The highest BCUT2D eigenvalue weighted by atomic mass is 16.4. The van der Waals surface area contributed by atoms with Gasteiger partial charge in [-0.25, -0.2) is 4.79 Å². The zero-order chi connectivity index (χ0) is 11.1. The summed E-state index contributed by atoms with van der Waals surface area (Å²) < 4.78 is 0. The van der Waals surface area contributed by atoms with Crippen LogP contribution in [-0.2, 0) is 12.8 Å². The highest BCUT2D eigenvalue weighted by molar-refractivity contribution is 6.03. The average molecular weight is 215 g/mol. The van der Waals surface area contributed by atoms with Crippen LogP contribution in [0, 0.1) is 0 Å². The van der Waals surface area contributed by atoms with Crippen LogP contribution in [0.5, 0.6) is 0 Å². The molecular formula is C13H13NO2. The van der Waals surface area contributed by atoms with Gasteiger partial charge in [0.05, 0.1) is 5.56 Å². The van der Waals surface area contributed by atoms with E-state index in [0.717, 1.165) is 23.7 Å². The maximum absolute atomic E-state index is 11.0.